The quantitative estimate of drug-likeness (QED) is 0.297. The van der Waals surface area contributed by atoms with Crippen molar-refractivity contribution in [2.24, 2.45) is 0 Å². The molecule has 0 unspecified atom stereocenters. The van der Waals surface area contributed by atoms with E-state index in [0.29, 0.717) is 17.7 Å². The van der Waals surface area contributed by atoms with E-state index in [1.807, 2.05) is 20.8 Å². The molecule has 0 aromatic heterocycles. The average molecular weight is 618 g/mol. The first-order valence-electron chi connectivity index (χ1n) is 11.8. The Morgan fingerprint density at radius 2 is 1.71 bits per heavy atom. The maximum absolute atomic E-state index is 15.4. The molecule has 0 bridgehead atoms. The third kappa shape index (κ3) is 6.58. The van der Waals surface area contributed by atoms with Crippen LogP contribution in [0, 0.1) is 11.2 Å². The van der Waals surface area contributed by atoms with Crippen molar-refractivity contribution in [3.05, 3.63) is 46.3 Å². The minimum atomic E-state index is -3.86. The third-order valence-corrected chi connectivity index (χ3v) is 6.22. The summed E-state index contributed by atoms with van der Waals surface area (Å²) < 4.78 is 60.7. The molecule has 2 aromatic carbocycles. The van der Waals surface area contributed by atoms with Gasteiger partial charge in [-0.05, 0) is 43.0 Å². The molecule has 210 valence electrons. The molecule has 1 N–H and O–H groups in total. The van der Waals surface area contributed by atoms with E-state index in [0.717, 1.165) is 6.26 Å². The Kier molecular flexibility index (Phi) is 9.82. The fourth-order valence-electron chi connectivity index (χ4n) is 4.13. The number of nitrogens with one attached hydrogen (secondary N) is 1. The van der Waals surface area contributed by atoms with Gasteiger partial charge in [-0.1, -0.05) is 20.8 Å². The molecule has 1 aliphatic heterocycles. The summed E-state index contributed by atoms with van der Waals surface area (Å²) in [6, 6.07) is 4.62. The van der Waals surface area contributed by atoms with Gasteiger partial charge in [-0.2, -0.15) is 8.42 Å². The van der Waals surface area contributed by atoms with E-state index in [2.05, 4.69) is 0 Å². The van der Waals surface area contributed by atoms with Crippen LogP contribution in [0.3, 0.4) is 0 Å². The van der Waals surface area contributed by atoms with Crippen LogP contribution < -0.4 is 18.4 Å². The molecule has 0 amide bonds. The van der Waals surface area contributed by atoms with Crippen molar-refractivity contribution >= 4 is 38.7 Å². The number of carbonyl (C=O) groups excluding carboxylic acids is 1. The van der Waals surface area contributed by atoms with E-state index in [-0.39, 0.29) is 82.4 Å². The highest BCUT2D eigenvalue weighted by atomic mass is 79.9. The van der Waals surface area contributed by atoms with Crippen LogP contribution in [-0.2, 0) is 22.1 Å². The van der Waals surface area contributed by atoms with E-state index in [4.69, 9.17) is 23.8 Å². The number of fused-ring (bicyclic) bond motifs is 1. The molecular weight excluding hydrogens is 583 g/mol. The van der Waals surface area contributed by atoms with Crippen LogP contribution in [0.1, 0.15) is 61.7 Å². The van der Waals surface area contributed by atoms with Gasteiger partial charge >= 0.3 is 10.1 Å². The lowest BCUT2D eigenvalue weighted by Gasteiger charge is -2.25. The largest absolute Gasteiger partial charge is 0.493 e. The summed E-state index contributed by atoms with van der Waals surface area (Å²) in [5, 5.41) is 8.56. The Labute approximate surface area is 233 Å². The molecule has 38 heavy (non-hydrogen) atoms. The van der Waals surface area contributed by atoms with E-state index in [1.54, 1.807) is 26.0 Å². The molecule has 12 heteroatoms. The van der Waals surface area contributed by atoms with Gasteiger partial charge in [0.05, 0.1) is 38.7 Å². The lowest BCUT2D eigenvalue weighted by atomic mass is 9.84. The van der Waals surface area contributed by atoms with Crippen molar-refractivity contribution < 1.29 is 36.0 Å². The van der Waals surface area contributed by atoms with Gasteiger partial charge in [0.1, 0.15) is 5.84 Å². The van der Waals surface area contributed by atoms with Gasteiger partial charge in [-0.3, -0.25) is 10.2 Å². The van der Waals surface area contributed by atoms with Gasteiger partial charge in [0.15, 0.2) is 34.6 Å². The molecule has 1 aliphatic rings. The molecule has 0 aliphatic carbocycles. The lowest BCUT2D eigenvalue weighted by molar-refractivity contribution is 0.0962. The van der Waals surface area contributed by atoms with Crippen molar-refractivity contribution in [1.29, 1.82) is 5.41 Å². The number of nitrogens with zero attached hydrogens (tertiary/aromatic N) is 1. The summed E-state index contributed by atoms with van der Waals surface area (Å²) >= 11 is 0. The molecule has 3 rings (SSSR count). The number of halogens is 2. The lowest BCUT2D eigenvalue weighted by Crippen LogP contribution is -2.30. The predicted octanol–water partition coefficient (Wildman–Crippen LogP) is 4.87. The third-order valence-electron chi connectivity index (χ3n) is 5.75. The number of carbonyl (C=O) groups is 1. The molecule has 2 aromatic rings. The van der Waals surface area contributed by atoms with Crippen LogP contribution in [0.5, 0.6) is 23.0 Å². The second-order valence-electron chi connectivity index (χ2n) is 9.64. The number of Topliss-reactive ketones (excluding diaryl/α,β-unsaturated/α-hetero) is 1. The number of hydrogen-bond acceptors (Lipinski definition) is 8. The highest BCUT2D eigenvalue weighted by Crippen LogP contribution is 2.41. The number of amidine groups is 1. The van der Waals surface area contributed by atoms with Crippen LogP contribution in [0.15, 0.2) is 18.2 Å². The normalized spacial score (nSPS) is 13.1. The van der Waals surface area contributed by atoms with E-state index >= 15 is 4.39 Å². The van der Waals surface area contributed by atoms with Crippen LogP contribution in [0.25, 0.3) is 0 Å². The molecule has 9 nitrogen and oxygen atoms in total. The standard InChI is InChI=1S/C26H33FN2O7S.BrH/c1-8-34-20-12-16-13-29(25(28)21(16)22(27)24(20)35-9-2)14-18(30)15-10-17(26(3,4)5)23(19(11-15)33-6)36-37(7,31)32;/h10-12,28H,8-9,13-14H2,1-7H3;1H. The number of rotatable bonds is 10. The second-order valence-corrected chi connectivity index (χ2v) is 11.2. The summed E-state index contributed by atoms with van der Waals surface area (Å²) in [5.74, 6) is -0.877. The first kappa shape index (κ1) is 31.4. The number of ketones is 1. The van der Waals surface area contributed by atoms with Crippen molar-refractivity contribution in [2.45, 2.75) is 46.6 Å². The van der Waals surface area contributed by atoms with Crippen LogP contribution in [0.2, 0.25) is 0 Å². The van der Waals surface area contributed by atoms with E-state index in [1.165, 1.54) is 18.1 Å². The zero-order valence-electron chi connectivity index (χ0n) is 22.6. The summed E-state index contributed by atoms with van der Waals surface area (Å²) in [7, 11) is -2.51. The van der Waals surface area contributed by atoms with Gasteiger partial charge < -0.3 is 23.3 Å². The van der Waals surface area contributed by atoms with Gasteiger partial charge in [0.25, 0.3) is 0 Å². The Morgan fingerprint density at radius 3 is 2.24 bits per heavy atom. The number of methoxy groups -OCH3 is 1. The Hall–Kier alpha value is -2.86. The molecule has 0 radical (unpaired) electrons. The van der Waals surface area contributed by atoms with Gasteiger partial charge in [0.2, 0.25) is 0 Å². The van der Waals surface area contributed by atoms with Crippen molar-refractivity contribution in [1.82, 2.24) is 4.90 Å². The summed E-state index contributed by atoms with van der Waals surface area (Å²) in [6.07, 6.45) is 0.932. The predicted molar refractivity (Wildman–Crippen MR) is 148 cm³/mol. The monoisotopic (exact) mass is 616 g/mol. The fourth-order valence-corrected chi connectivity index (χ4v) is 4.61. The zero-order chi connectivity index (χ0) is 27.7. The SMILES string of the molecule is Br.CCOc1cc2c(c(F)c1OCC)C(=N)N(CC(=O)c1cc(OC)c(OS(C)(=O)=O)c(C(C)(C)C)c1)C2. The molecule has 0 fully saturated rings. The maximum atomic E-state index is 15.4. The second kappa shape index (κ2) is 11.9. The van der Waals surface area contributed by atoms with Crippen molar-refractivity contribution in [3.63, 3.8) is 0 Å². The Bertz CT molecular complexity index is 1340. The number of hydrogen-bond donors (Lipinski definition) is 1. The summed E-state index contributed by atoms with van der Waals surface area (Å²) in [5.41, 5.74) is 0.719. The smallest absolute Gasteiger partial charge is 0.306 e. The van der Waals surface area contributed by atoms with Gasteiger partial charge in [-0.15, -0.1) is 17.0 Å². The fraction of sp³-hybridized carbons (Fsp3) is 0.462. The topological polar surface area (TPSA) is 115 Å². The first-order valence-corrected chi connectivity index (χ1v) is 13.6. The molecule has 0 atom stereocenters. The van der Waals surface area contributed by atoms with Crippen molar-refractivity contribution in [2.75, 3.05) is 33.1 Å². The minimum Gasteiger partial charge on any atom is -0.493 e. The highest BCUT2D eigenvalue weighted by molar-refractivity contribution is 8.93. The number of benzene rings is 2. The summed E-state index contributed by atoms with van der Waals surface area (Å²) in [6.45, 7) is 9.54. The van der Waals surface area contributed by atoms with Crippen LogP contribution in [0.4, 0.5) is 4.39 Å². The van der Waals surface area contributed by atoms with E-state index < -0.39 is 21.4 Å². The van der Waals surface area contributed by atoms with E-state index in [9.17, 15) is 13.2 Å². The molecular formula is C26H34BrFN2O7S. The minimum absolute atomic E-state index is 0. The molecule has 0 saturated carbocycles. The average Bonchev–Trinajstić information content (AvgIpc) is 3.09. The maximum Gasteiger partial charge on any atom is 0.306 e. The van der Waals surface area contributed by atoms with Crippen LogP contribution >= 0.6 is 17.0 Å². The van der Waals surface area contributed by atoms with Gasteiger partial charge in [0, 0.05) is 17.7 Å². The molecule has 1 heterocycles. The van der Waals surface area contributed by atoms with Gasteiger partial charge in [-0.25, -0.2) is 4.39 Å². The Balaban J connectivity index is 0.00000507. The molecule has 0 spiro atoms. The number of ether oxygens (including phenoxy) is 3. The summed E-state index contributed by atoms with van der Waals surface area (Å²) in [4.78, 5) is 14.8. The Morgan fingerprint density at radius 1 is 1.08 bits per heavy atom. The van der Waals surface area contributed by atoms with Crippen LogP contribution in [-0.4, -0.2) is 58.1 Å². The zero-order valence-corrected chi connectivity index (χ0v) is 25.1. The molecule has 0 saturated heterocycles. The first-order chi connectivity index (χ1) is 17.2. The highest BCUT2D eigenvalue weighted by Gasteiger charge is 2.34. The van der Waals surface area contributed by atoms with Crippen molar-refractivity contribution in [3.8, 4) is 23.0 Å².